The van der Waals surface area contributed by atoms with Gasteiger partial charge in [-0.15, -0.1) is 0 Å². The van der Waals surface area contributed by atoms with Gasteiger partial charge in [0.2, 0.25) is 11.9 Å². The Kier molecular flexibility index (Phi) is 11.0. The number of anilines is 1. The molecule has 1 N–H and O–H groups in total. The quantitative estimate of drug-likeness (QED) is 0.186. The summed E-state index contributed by atoms with van der Waals surface area (Å²) >= 11 is 0. The fourth-order valence-corrected chi connectivity index (χ4v) is 3.32. The van der Waals surface area contributed by atoms with E-state index < -0.39 is 60.3 Å². The minimum atomic E-state index is -1.50. The molecule has 0 aliphatic heterocycles. The fourth-order valence-electron chi connectivity index (χ4n) is 3.32. The van der Waals surface area contributed by atoms with Crippen molar-refractivity contribution in [2.75, 3.05) is 12.0 Å². The topological polar surface area (TPSA) is 182 Å². The predicted octanol–water partition coefficient (Wildman–Crippen LogP) is 1.33. The van der Waals surface area contributed by atoms with Gasteiger partial charge in [-0.1, -0.05) is 30.3 Å². The van der Waals surface area contributed by atoms with Gasteiger partial charge in [-0.05, 0) is 0 Å². The molecule has 1 aromatic carbocycles. The number of ether oxygens (including phenoxy) is 4. The highest BCUT2D eigenvalue weighted by Gasteiger charge is 2.37. The Hall–Kier alpha value is -4.88. The highest BCUT2D eigenvalue weighted by atomic mass is 16.6. The van der Waals surface area contributed by atoms with Crippen molar-refractivity contribution in [1.82, 2.24) is 9.55 Å². The average molecular weight is 545 g/mol. The molecule has 0 saturated heterocycles. The summed E-state index contributed by atoms with van der Waals surface area (Å²) in [5.74, 6) is -4.07. The van der Waals surface area contributed by atoms with E-state index in [4.69, 9.17) is 18.9 Å². The maximum absolute atomic E-state index is 12.7. The molecular weight excluding hydrogens is 516 g/mol. The summed E-state index contributed by atoms with van der Waals surface area (Å²) in [6.07, 6.45) is -3.39. The summed E-state index contributed by atoms with van der Waals surface area (Å²) in [5.41, 5.74) is 2.63. The molecule has 0 saturated carbocycles. The van der Waals surface area contributed by atoms with Crippen LogP contribution in [0.5, 0.6) is 0 Å². The Morgan fingerprint density at radius 2 is 1.54 bits per heavy atom. The number of aromatic nitrogens is 2. The predicted molar refractivity (Wildman–Crippen MR) is 136 cm³/mol. The van der Waals surface area contributed by atoms with Crippen LogP contribution in [-0.2, 0) is 38.1 Å². The van der Waals surface area contributed by atoms with Gasteiger partial charge in [-0.3, -0.25) is 28.8 Å². The maximum atomic E-state index is 12.7. The molecule has 2 rings (SSSR count). The number of nitrogens with zero attached hydrogens (tertiary/aromatic N) is 3. The summed E-state index contributed by atoms with van der Waals surface area (Å²) in [7, 11) is 0. The van der Waals surface area contributed by atoms with Crippen LogP contribution in [0.1, 0.15) is 39.4 Å². The Morgan fingerprint density at radius 1 is 0.923 bits per heavy atom. The molecule has 0 bridgehead atoms. The Morgan fingerprint density at radius 3 is 2.08 bits per heavy atom. The molecule has 14 heteroatoms. The average Bonchev–Trinajstić information content (AvgIpc) is 2.84. The van der Waals surface area contributed by atoms with Crippen molar-refractivity contribution < 1.29 is 42.9 Å². The zero-order chi connectivity index (χ0) is 29.1. The summed E-state index contributed by atoms with van der Waals surface area (Å²) in [6.45, 7) is 4.95. The van der Waals surface area contributed by atoms with E-state index in [1.165, 1.54) is 6.07 Å². The lowest BCUT2D eigenvalue weighted by molar-refractivity contribution is -0.183. The number of hydrogen-bond donors (Lipinski definition) is 1. The fraction of sp³-hybridized carbons (Fsp3) is 0.360. The molecule has 1 aromatic heterocycles. The van der Waals surface area contributed by atoms with Crippen LogP contribution in [-0.4, -0.2) is 70.5 Å². The number of carbonyl (C=O) groups is 5. The largest absolute Gasteiger partial charge is 0.462 e. The summed E-state index contributed by atoms with van der Waals surface area (Å²) in [4.78, 5) is 75.8. The van der Waals surface area contributed by atoms with Crippen LogP contribution in [0.2, 0.25) is 0 Å². The van der Waals surface area contributed by atoms with Crippen molar-refractivity contribution >= 4 is 41.9 Å². The molecule has 0 fully saturated rings. The second-order valence-corrected chi connectivity index (χ2v) is 8.01. The van der Waals surface area contributed by atoms with E-state index in [9.17, 15) is 28.8 Å². The lowest BCUT2D eigenvalue weighted by Gasteiger charge is -2.29. The third kappa shape index (κ3) is 9.50. The maximum Gasteiger partial charge on any atom is 0.303 e. The van der Waals surface area contributed by atoms with Gasteiger partial charge in [0.1, 0.15) is 6.61 Å². The number of nitrogens with one attached hydrogen (secondary N) is 1. The molecule has 1 heterocycles. The zero-order valence-corrected chi connectivity index (χ0v) is 21.9. The molecule has 0 unspecified atom stereocenters. The second kappa shape index (κ2) is 14.2. The Balaban J connectivity index is 2.49. The highest BCUT2D eigenvalue weighted by Crippen LogP contribution is 2.17. The van der Waals surface area contributed by atoms with Crippen molar-refractivity contribution in [3.8, 4) is 11.3 Å². The molecule has 14 nitrogen and oxygen atoms in total. The molecule has 3 atom stereocenters. The Labute approximate surface area is 222 Å². The molecule has 39 heavy (non-hydrogen) atoms. The van der Waals surface area contributed by atoms with Crippen molar-refractivity contribution in [3.05, 3.63) is 46.8 Å². The minimum Gasteiger partial charge on any atom is -0.462 e. The van der Waals surface area contributed by atoms with E-state index in [0.717, 1.165) is 45.4 Å². The van der Waals surface area contributed by atoms with Gasteiger partial charge in [-0.25, -0.2) is 15.0 Å². The standard InChI is InChI=1S/C25H28N4O10/c1-14(30)29-23(35)11-20(19-9-7-6-8-10-19)27-25(29)28-26-12-21(37-16(3)32)24(39-18(5)34)22(38-17(4)33)13-36-15(2)31/h6-12,21-22,24H,13H2,1-5H3,(H,27,28)/b26-12+/t21-,22+,24+/m0/s1. The molecule has 0 aliphatic rings. The first-order chi connectivity index (χ1) is 18.4. The monoisotopic (exact) mass is 544 g/mol. The molecule has 0 spiro atoms. The van der Waals surface area contributed by atoms with Crippen molar-refractivity contribution in [2.24, 2.45) is 5.10 Å². The first-order valence-electron chi connectivity index (χ1n) is 11.5. The van der Waals surface area contributed by atoms with E-state index >= 15 is 0 Å². The number of rotatable bonds is 11. The summed E-state index contributed by atoms with van der Waals surface area (Å²) in [5, 5.41) is 3.93. The van der Waals surface area contributed by atoms with Gasteiger partial charge in [-0.2, -0.15) is 5.10 Å². The lowest BCUT2D eigenvalue weighted by Crippen LogP contribution is -2.48. The van der Waals surface area contributed by atoms with E-state index in [1.807, 2.05) is 0 Å². The minimum absolute atomic E-state index is 0.251. The Bertz CT molecular complexity index is 1310. The first-order valence-corrected chi connectivity index (χ1v) is 11.5. The normalized spacial score (nSPS) is 13.1. The molecule has 0 radical (unpaired) electrons. The second-order valence-electron chi connectivity index (χ2n) is 8.01. The van der Waals surface area contributed by atoms with Crippen molar-refractivity contribution in [2.45, 2.75) is 52.9 Å². The van der Waals surface area contributed by atoms with E-state index in [1.54, 1.807) is 30.3 Å². The third-order valence-corrected chi connectivity index (χ3v) is 4.75. The van der Waals surface area contributed by atoms with E-state index in [2.05, 4.69) is 15.5 Å². The molecule has 208 valence electrons. The number of hydrogen-bond acceptors (Lipinski definition) is 13. The number of carbonyl (C=O) groups excluding carboxylic acids is 5. The van der Waals surface area contributed by atoms with Gasteiger partial charge in [0, 0.05) is 46.2 Å². The van der Waals surface area contributed by atoms with Crippen LogP contribution in [0.25, 0.3) is 11.3 Å². The van der Waals surface area contributed by atoms with Gasteiger partial charge in [0.15, 0.2) is 18.3 Å². The highest BCUT2D eigenvalue weighted by molar-refractivity contribution is 5.80. The van der Waals surface area contributed by atoms with E-state index in [0.29, 0.717) is 5.56 Å². The van der Waals surface area contributed by atoms with Crippen LogP contribution in [0.3, 0.4) is 0 Å². The SMILES string of the molecule is CC(=O)OC[C@@H](OC(C)=O)[C@H](OC(C)=O)[C@H](/C=N/Nc1nc(-c2ccccc2)cc(=O)n1C(C)=O)OC(C)=O. The van der Waals surface area contributed by atoms with Crippen LogP contribution in [0, 0.1) is 0 Å². The number of benzene rings is 1. The van der Waals surface area contributed by atoms with Gasteiger partial charge >= 0.3 is 23.9 Å². The zero-order valence-electron chi connectivity index (χ0n) is 21.9. The van der Waals surface area contributed by atoms with Gasteiger partial charge in [0.05, 0.1) is 11.9 Å². The molecule has 0 amide bonds. The molecular formula is C25H28N4O10. The van der Waals surface area contributed by atoms with Crippen molar-refractivity contribution in [3.63, 3.8) is 0 Å². The van der Waals surface area contributed by atoms with Gasteiger partial charge in [0.25, 0.3) is 5.56 Å². The molecule has 0 aliphatic carbocycles. The van der Waals surface area contributed by atoms with Crippen LogP contribution < -0.4 is 11.0 Å². The first kappa shape index (κ1) is 30.3. The van der Waals surface area contributed by atoms with E-state index in [-0.39, 0.29) is 11.6 Å². The number of hydrazone groups is 1. The van der Waals surface area contributed by atoms with Crippen LogP contribution >= 0.6 is 0 Å². The van der Waals surface area contributed by atoms with Gasteiger partial charge < -0.3 is 18.9 Å². The summed E-state index contributed by atoms with van der Waals surface area (Å²) < 4.78 is 21.3. The smallest absolute Gasteiger partial charge is 0.303 e. The molecule has 2 aromatic rings. The number of esters is 4. The van der Waals surface area contributed by atoms with Crippen molar-refractivity contribution in [1.29, 1.82) is 0 Å². The lowest BCUT2D eigenvalue weighted by atomic mass is 10.1. The third-order valence-electron chi connectivity index (χ3n) is 4.75. The summed E-state index contributed by atoms with van der Waals surface area (Å²) in [6, 6.07) is 9.88. The van der Waals surface area contributed by atoms with Crippen LogP contribution in [0.15, 0.2) is 46.3 Å². The van der Waals surface area contributed by atoms with Crippen LogP contribution in [0.4, 0.5) is 5.95 Å².